The Balaban J connectivity index is 2.13. The fourth-order valence-corrected chi connectivity index (χ4v) is 1.33. The van der Waals surface area contributed by atoms with Crippen molar-refractivity contribution in [2.24, 2.45) is 0 Å². The first-order valence-electron chi connectivity index (χ1n) is 5.54. The van der Waals surface area contributed by atoms with Crippen LogP contribution in [0.15, 0.2) is 24.3 Å². The average molecular weight is 271 g/mol. The van der Waals surface area contributed by atoms with E-state index in [-0.39, 0.29) is 12.5 Å². The van der Waals surface area contributed by atoms with E-state index in [1.54, 1.807) is 24.3 Å². The van der Waals surface area contributed by atoms with Crippen LogP contribution in [0.2, 0.25) is 5.02 Å². The van der Waals surface area contributed by atoms with Crippen LogP contribution >= 0.6 is 11.6 Å². The molecule has 0 saturated carbocycles. The summed E-state index contributed by atoms with van der Waals surface area (Å²) >= 11 is 5.72. The third-order valence-electron chi connectivity index (χ3n) is 2.09. The summed E-state index contributed by atoms with van der Waals surface area (Å²) in [5, 5.41) is 5.81. The van der Waals surface area contributed by atoms with E-state index in [1.165, 1.54) is 0 Å². The van der Waals surface area contributed by atoms with Crippen molar-refractivity contribution in [3.63, 3.8) is 0 Å². The molecule has 5 nitrogen and oxygen atoms in total. The summed E-state index contributed by atoms with van der Waals surface area (Å²) < 4.78 is 5.26. The smallest absolute Gasteiger partial charge is 0.257 e. The topological polar surface area (TPSA) is 67.4 Å². The SMILES string of the molecule is O=CNCCCNC(=O)COc1ccc(Cl)cc1. The Morgan fingerprint density at radius 1 is 1.28 bits per heavy atom. The number of rotatable bonds is 8. The highest BCUT2D eigenvalue weighted by atomic mass is 35.5. The van der Waals surface area contributed by atoms with Crippen LogP contribution in [-0.2, 0) is 9.59 Å². The summed E-state index contributed by atoms with van der Waals surface area (Å²) in [6, 6.07) is 6.78. The van der Waals surface area contributed by atoms with Gasteiger partial charge in [-0.25, -0.2) is 0 Å². The van der Waals surface area contributed by atoms with Crippen LogP contribution in [0.3, 0.4) is 0 Å². The van der Waals surface area contributed by atoms with Gasteiger partial charge in [0.2, 0.25) is 6.41 Å². The molecule has 0 aromatic heterocycles. The number of amides is 2. The van der Waals surface area contributed by atoms with Crippen LogP contribution in [0.5, 0.6) is 5.75 Å². The second-order valence-corrected chi connectivity index (χ2v) is 3.95. The molecule has 0 aliphatic carbocycles. The largest absolute Gasteiger partial charge is 0.484 e. The normalized spacial score (nSPS) is 9.61. The minimum Gasteiger partial charge on any atom is -0.484 e. The second-order valence-electron chi connectivity index (χ2n) is 3.52. The number of carbonyl (C=O) groups is 2. The number of nitrogens with one attached hydrogen (secondary N) is 2. The molecular formula is C12H15ClN2O3. The van der Waals surface area contributed by atoms with E-state index in [4.69, 9.17) is 16.3 Å². The van der Waals surface area contributed by atoms with Gasteiger partial charge >= 0.3 is 0 Å². The number of benzene rings is 1. The van der Waals surface area contributed by atoms with E-state index < -0.39 is 0 Å². The maximum atomic E-state index is 11.4. The van der Waals surface area contributed by atoms with Crippen LogP contribution in [0.1, 0.15) is 6.42 Å². The van der Waals surface area contributed by atoms with E-state index in [2.05, 4.69) is 10.6 Å². The Kier molecular flexibility index (Phi) is 6.64. The van der Waals surface area contributed by atoms with Crippen molar-refractivity contribution in [2.75, 3.05) is 19.7 Å². The maximum Gasteiger partial charge on any atom is 0.257 e. The summed E-state index contributed by atoms with van der Waals surface area (Å²) in [6.45, 7) is 1.01. The molecule has 0 radical (unpaired) electrons. The Bertz CT molecular complexity index is 381. The zero-order valence-electron chi connectivity index (χ0n) is 9.82. The molecule has 0 aliphatic heterocycles. The van der Waals surface area contributed by atoms with Crippen molar-refractivity contribution >= 4 is 23.9 Å². The zero-order chi connectivity index (χ0) is 13.2. The van der Waals surface area contributed by atoms with Gasteiger partial charge in [0.25, 0.3) is 5.91 Å². The monoisotopic (exact) mass is 270 g/mol. The summed E-state index contributed by atoms with van der Waals surface area (Å²) in [5.41, 5.74) is 0. The standard InChI is InChI=1S/C12H15ClN2O3/c13-10-2-4-11(5-3-10)18-8-12(17)15-7-1-6-14-9-16/h2-5,9H,1,6-8H2,(H,14,16)(H,15,17). The predicted octanol–water partition coefficient (Wildman–Crippen LogP) is 0.971. The number of ether oxygens (including phenoxy) is 1. The van der Waals surface area contributed by atoms with E-state index in [1.807, 2.05) is 0 Å². The van der Waals surface area contributed by atoms with Gasteiger partial charge in [0.15, 0.2) is 6.61 Å². The van der Waals surface area contributed by atoms with Gasteiger partial charge in [-0.1, -0.05) is 11.6 Å². The number of carbonyl (C=O) groups excluding carboxylic acids is 2. The molecule has 1 aromatic rings. The molecule has 2 N–H and O–H groups in total. The van der Waals surface area contributed by atoms with Gasteiger partial charge in [-0.05, 0) is 30.7 Å². The molecule has 1 aromatic carbocycles. The second kappa shape index (κ2) is 8.36. The predicted molar refractivity (Wildman–Crippen MR) is 68.6 cm³/mol. The Morgan fingerprint density at radius 2 is 2.00 bits per heavy atom. The van der Waals surface area contributed by atoms with Gasteiger partial charge in [-0.15, -0.1) is 0 Å². The van der Waals surface area contributed by atoms with Crippen LogP contribution < -0.4 is 15.4 Å². The van der Waals surface area contributed by atoms with Gasteiger partial charge in [-0.3, -0.25) is 9.59 Å². The minimum absolute atomic E-state index is 0.0389. The van der Waals surface area contributed by atoms with E-state index in [0.29, 0.717) is 36.7 Å². The van der Waals surface area contributed by atoms with Gasteiger partial charge in [-0.2, -0.15) is 0 Å². The highest BCUT2D eigenvalue weighted by Crippen LogP contribution is 2.15. The van der Waals surface area contributed by atoms with Crippen molar-refractivity contribution < 1.29 is 14.3 Å². The summed E-state index contributed by atoms with van der Waals surface area (Å²) in [5.74, 6) is 0.397. The van der Waals surface area contributed by atoms with Crippen molar-refractivity contribution in [2.45, 2.75) is 6.42 Å². The summed E-state index contributed by atoms with van der Waals surface area (Å²) in [6.07, 6.45) is 1.32. The summed E-state index contributed by atoms with van der Waals surface area (Å²) in [4.78, 5) is 21.3. The van der Waals surface area contributed by atoms with E-state index in [0.717, 1.165) is 0 Å². The molecule has 0 heterocycles. The Labute approximate surface area is 110 Å². The number of halogens is 1. The van der Waals surface area contributed by atoms with Crippen LogP contribution in [0.25, 0.3) is 0 Å². The van der Waals surface area contributed by atoms with Crippen LogP contribution in [-0.4, -0.2) is 32.0 Å². The Morgan fingerprint density at radius 3 is 2.67 bits per heavy atom. The molecule has 6 heteroatoms. The van der Waals surface area contributed by atoms with Crippen molar-refractivity contribution in [3.05, 3.63) is 29.3 Å². The molecule has 0 bridgehead atoms. The molecule has 0 atom stereocenters. The van der Waals surface area contributed by atoms with Crippen molar-refractivity contribution in [1.82, 2.24) is 10.6 Å². The first-order chi connectivity index (χ1) is 8.72. The van der Waals surface area contributed by atoms with Gasteiger partial charge < -0.3 is 15.4 Å². The molecule has 98 valence electrons. The third-order valence-corrected chi connectivity index (χ3v) is 2.34. The average Bonchev–Trinajstić information content (AvgIpc) is 2.38. The molecule has 0 spiro atoms. The molecular weight excluding hydrogens is 256 g/mol. The molecule has 0 saturated heterocycles. The van der Waals surface area contributed by atoms with Crippen LogP contribution in [0.4, 0.5) is 0 Å². The third kappa shape index (κ3) is 6.10. The fraction of sp³-hybridized carbons (Fsp3) is 0.333. The molecule has 0 fully saturated rings. The van der Waals surface area contributed by atoms with Crippen molar-refractivity contribution in [1.29, 1.82) is 0 Å². The highest BCUT2D eigenvalue weighted by Gasteiger charge is 2.01. The molecule has 2 amide bonds. The molecule has 0 unspecified atom stereocenters. The minimum atomic E-state index is -0.198. The summed E-state index contributed by atoms with van der Waals surface area (Å²) in [7, 11) is 0. The molecule has 1 rings (SSSR count). The lowest BCUT2D eigenvalue weighted by Gasteiger charge is -2.07. The first-order valence-corrected chi connectivity index (χ1v) is 5.92. The van der Waals surface area contributed by atoms with E-state index >= 15 is 0 Å². The van der Waals surface area contributed by atoms with Crippen LogP contribution in [0, 0.1) is 0 Å². The number of hydrogen-bond donors (Lipinski definition) is 2. The fourth-order valence-electron chi connectivity index (χ4n) is 1.21. The lowest BCUT2D eigenvalue weighted by Crippen LogP contribution is -2.31. The lowest BCUT2D eigenvalue weighted by atomic mass is 10.3. The lowest BCUT2D eigenvalue weighted by molar-refractivity contribution is -0.123. The quantitative estimate of drug-likeness (QED) is 0.546. The highest BCUT2D eigenvalue weighted by molar-refractivity contribution is 6.30. The van der Waals surface area contributed by atoms with E-state index in [9.17, 15) is 9.59 Å². The molecule has 18 heavy (non-hydrogen) atoms. The zero-order valence-corrected chi connectivity index (χ0v) is 10.6. The molecule has 0 aliphatic rings. The van der Waals surface area contributed by atoms with Gasteiger partial charge in [0, 0.05) is 18.1 Å². The van der Waals surface area contributed by atoms with Crippen molar-refractivity contribution in [3.8, 4) is 5.75 Å². The number of hydrogen-bond acceptors (Lipinski definition) is 3. The Hall–Kier alpha value is -1.75. The van der Waals surface area contributed by atoms with Gasteiger partial charge in [0.1, 0.15) is 5.75 Å². The van der Waals surface area contributed by atoms with Gasteiger partial charge in [0.05, 0.1) is 0 Å². The first kappa shape index (κ1) is 14.3. The maximum absolute atomic E-state index is 11.4.